The summed E-state index contributed by atoms with van der Waals surface area (Å²) >= 11 is 0. The molecule has 0 saturated heterocycles. The van der Waals surface area contributed by atoms with Gasteiger partial charge in [-0.25, -0.2) is 4.79 Å². The summed E-state index contributed by atoms with van der Waals surface area (Å²) < 4.78 is 10.6. The molecule has 0 unspecified atom stereocenters. The van der Waals surface area contributed by atoms with Gasteiger partial charge in [-0.05, 0) is 55.7 Å². The van der Waals surface area contributed by atoms with E-state index in [-0.39, 0.29) is 18.1 Å². The van der Waals surface area contributed by atoms with Gasteiger partial charge < -0.3 is 14.8 Å². The predicted molar refractivity (Wildman–Crippen MR) is 103 cm³/mol. The average molecular weight is 368 g/mol. The van der Waals surface area contributed by atoms with Crippen molar-refractivity contribution < 1.29 is 19.1 Å². The second-order valence-electron chi connectivity index (χ2n) is 6.58. The quantitative estimate of drug-likeness (QED) is 0.837. The van der Waals surface area contributed by atoms with Crippen LogP contribution in [0.4, 0.5) is 10.5 Å². The summed E-state index contributed by atoms with van der Waals surface area (Å²) in [7, 11) is 1.59. The maximum Gasteiger partial charge on any atom is 0.411 e. The first-order valence-corrected chi connectivity index (χ1v) is 9.11. The minimum Gasteiger partial charge on any atom is -0.497 e. The van der Waals surface area contributed by atoms with Crippen molar-refractivity contribution in [3.8, 4) is 5.75 Å². The minimum atomic E-state index is -0.465. The lowest BCUT2D eigenvalue weighted by molar-refractivity contribution is 0.0712. The molecule has 0 aliphatic heterocycles. The van der Waals surface area contributed by atoms with Crippen LogP contribution in [0.2, 0.25) is 0 Å². The van der Waals surface area contributed by atoms with Gasteiger partial charge in [0.25, 0.3) is 5.91 Å². The van der Waals surface area contributed by atoms with E-state index >= 15 is 0 Å². The van der Waals surface area contributed by atoms with Crippen molar-refractivity contribution in [1.82, 2.24) is 5.32 Å². The predicted octanol–water partition coefficient (Wildman–Crippen LogP) is 3.98. The number of amides is 2. The number of methoxy groups -OCH3 is 1. The minimum absolute atomic E-state index is 0.0112. The summed E-state index contributed by atoms with van der Waals surface area (Å²) in [6.07, 6.45) is 2.53. The molecule has 6 nitrogen and oxygen atoms in total. The number of carbonyl (C=O) groups excluding carboxylic acids is 2. The van der Waals surface area contributed by atoms with Gasteiger partial charge in [-0.1, -0.05) is 18.2 Å². The highest BCUT2D eigenvalue weighted by molar-refractivity contribution is 5.94. The van der Waals surface area contributed by atoms with Crippen LogP contribution in [0.25, 0.3) is 0 Å². The van der Waals surface area contributed by atoms with Crippen LogP contribution in [0.5, 0.6) is 5.75 Å². The highest BCUT2D eigenvalue weighted by Gasteiger charge is 2.26. The van der Waals surface area contributed by atoms with Crippen LogP contribution < -0.4 is 15.4 Å². The second kappa shape index (κ2) is 9.07. The summed E-state index contributed by atoms with van der Waals surface area (Å²) in [6, 6.07) is 16.2. The van der Waals surface area contributed by atoms with E-state index in [1.54, 1.807) is 43.5 Å². The fraction of sp³-hybridized carbons (Fsp3) is 0.333. The van der Waals surface area contributed by atoms with E-state index in [4.69, 9.17) is 9.47 Å². The molecule has 1 fully saturated rings. The van der Waals surface area contributed by atoms with Crippen molar-refractivity contribution in [2.75, 3.05) is 12.4 Å². The van der Waals surface area contributed by atoms with Gasteiger partial charge in [0, 0.05) is 23.7 Å². The van der Waals surface area contributed by atoms with Gasteiger partial charge in [-0.2, -0.15) is 0 Å². The van der Waals surface area contributed by atoms with Gasteiger partial charge in [0.2, 0.25) is 0 Å². The molecule has 6 heteroatoms. The van der Waals surface area contributed by atoms with Crippen molar-refractivity contribution in [2.45, 2.75) is 37.8 Å². The van der Waals surface area contributed by atoms with Crippen LogP contribution in [0.1, 0.15) is 36.0 Å². The number of para-hydroxylation sites is 1. The Labute approximate surface area is 158 Å². The standard InChI is InChI=1S/C21H24N2O4/c1-26-18-12-10-15(11-13-18)20(24)22-17-8-5-9-19(14-17)27-21(25)23-16-6-3-2-4-7-16/h2-4,6-7,10-13,17,19H,5,8-9,14H2,1H3,(H,22,24)(H,23,25)/t17-,19+/m0/s1. The molecule has 2 N–H and O–H groups in total. The summed E-state index contributed by atoms with van der Waals surface area (Å²) in [6.45, 7) is 0. The first-order valence-electron chi connectivity index (χ1n) is 9.11. The number of anilines is 1. The normalized spacial score (nSPS) is 19.0. The zero-order valence-electron chi connectivity index (χ0n) is 15.3. The molecule has 0 aromatic heterocycles. The molecule has 0 heterocycles. The molecule has 2 aromatic carbocycles. The first-order chi connectivity index (χ1) is 13.1. The Hall–Kier alpha value is -3.02. The van der Waals surface area contributed by atoms with E-state index in [0.717, 1.165) is 19.3 Å². The Morgan fingerprint density at radius 1 is 1.00 bits per heavy atom. The maximum absolute atomic E-state index is 12.4. The summed E-state index contributed by atoms with van der Waals surface area (Å²) in [5.41, 5.74) is 1.28. The van der Waals surface area contributed by atoms with Gasteiger partial charge in [-0.3, -0.25) is 10.1 Å². The van der Waals surface area contributed by atoms with Crippen LogP contribution >= 0.6 is 0 Å². The van der Waals surface area contributed by atoms with Crippen molar-refractivity contribution in [3.63, 3.8) is 0 Å². The molecule has 2 amide bonds. The van der Waals surface area contributed by atoms with Crippen molar-refractivity contribution in [3.05, 3.63) is 60.2 Å². The molecule has 142 valence electrons. The zero-order valence-corrected chi connectivity index (χ0v) is 15.3. The summed E-state index contributed by atoms with van der Waals surface area (Å²) in [5.74, 6) is 0.583. The van der Waals surface area contributed by atoms with Crippen LogP contribution in [0.15, 0.2) is 54.6 Å². The average Bonchev–Trinajstić information content (AvgIpc) is 2.69. The molecule has 0 spiro atoms. The Balaban J connectivity index is 1.49. The number of carbonyl (C=O) groups is 2. The Kier molecular flexibility index (Phi) is 6.30. The van der Waals surface area contributed by atoms with E-state index in [9.17, 15) is 9.59 Å². The van der Waals surface area contributed by atoms with Crippen LogP contribution in [0, 0.1) is 0 Å². The molecule has 0 bridgehead atoms. The molecular weight excluding hydrogens is 344 g/mol. The van der Waals surface area contributed by atoms with Gasteiger partial charge in [0.05, 0.1) is 7.11 Å². The third-order valence-corrected chi connectivity index (χ3v) is 4.61. The van der Waals surface area contributed by atoms with E-state index in [0.29, 0.717) is 23.4 Å². The lowest BCUT2D eigenvalue weighted by atomic mass is 9.92. The van der Waals surface area contributed by atoms with Crippen molar-refractivity contribution in [2.24, 2.45) is 0 Å². The SMILES string of the molecule is COc1ccc(C(=O)N[C@H]2CCC[C@@H](OC(=O)Nc3ccccc3)C2)cc1. The zero-order chi connectivity index (χ0) is 19.1. The van der Waals surface area contributed by atoms with E-state index in [1.165, 1.54) is 0 Å². The monoisotopic (exact) mass is 368 g/mol. The lowest BCUT2D eigenvalue weighted by Crippen LogP contribution is -2.41. The summed E-state index contributed by atoms with van der Waals surface area (Å²) in [5, 5.41) is 5.76. The molecule has 2 atom stereocenters. The van der Waals surface area contributed by atoms with Crippen LogP contribution in [0.3, 0.4) is 0 Å². The summed E-state index contributed by atoms with van der Waals surface area (Å²) in [4.78, 5) is 24.5. The van der Waals surface area contributed by atoms with Gasteiger partial charge in [0.15, 0.2) is 0 Å². The molecule has 2 aromatic rings. The Bertz CT molecular complexity index is 762. The maximum atomic E-state index is 12.4. The van der Waals surface area contributed by atoms with E-state index in [2.05, 4.69) is 10.6 Å². The highest BCUT2D eigenvalue weighted by Crippen LogP contribution is 2.22. The topological polar surface area (TPSA) is 76.7 Å². The molecule has 1 saturated carbocycles. The van der Waals surface area contributed by atoms with Crippen molar-refractivity contribution >= 4 is 17.7 Å². The van der Waals surface area contributed by atoms with Gasteiger partial charge in [-0.15, -0.1) is 0 Å². The molecule has 0 radical (unpaired) electrons. The van der Waals surface area contributed by atoms with Crippen LogP contribution in [-0.4, -0.2) is 31.3 Å². The third kappa shape index (κ3) is 5.48. The smallest absolute Gasteiger partial charge is 0.411 e. The number of ether oxygens (including phenoxy) is 2. The fourth-order valence-corrected chi connectivity index (χ4v) is 3.21. The molecule has 27 heavy (non-hydrogen) atoms. The lowest BCUT2D eigenvalue weighted by Gasteiger charge is -2.29. The van der Waals surface area contributed by atoms with Crippen molar-refractivity contribution in [1.29, 1.82) is 0 Å². The second-order valence-corrected chi connectivity index (χ2v) is 6.58. The largest absolute Gasteiger partial charge is 0.497 e. The Morgan fingerprint density at radius 3 is 2.44 bits per heavy atom. The first kappa shape index (κ1) is 18.8. The molecule has 1 aliphatic rings. The van der Waals surface area contributed by atoms with Gasteiger partial charge >= 0.3 is 6.09 Å². The van der Waals surface area contributed by atoms with Crippen LogP contribution in [-0.2, 0) is 4.74 Å². The molecule has 1 aliphatic carbocycles. The third-order valence-electron chi connectivity index (χ3n) is 4.61. The molecule has 3 rings (SSSR count). The number of hydrogen-bond donors (Lipinski definition) is 2. The number of hydrogen-bond acceptors (Lipinski definition) is 4. The number of benzene rings is 2. The fourth-order valence-electron chi connectivity index (χ4n) is 3.21. The highest BCUT2D eigenvalue weighted by atomic mass is 16.6. The van der Waals surface area contributed by atoms with Gasteiger partial charge in [0.1, 0.15) is 11.9 Å². The molecular formula is C21H24N2O4. The number of rotatable bonds is 5. The van der Waals surface area contributed by atoms with E-state index in [1.807, 2.05) is 18.2 Å². The Morgan fingerprint density at radius 2 is 1.74 bits per heavy atom. The number of nitrogens with one attached hydrogen (secondary N) is 2. The van der Waals surface area contributed by atoms with E-state index < -0.39 is 6.09 Å².